The molecule has 0 bridgehead atoms. The zero-order chi connectivity index (χ0) is 20.0. The molecule has 0 radical (unpaired) electrons. The number of anilines is 1. The normalized spacial score (nSPS) is 14.6. The van der Waals surface area contributed by atoms with Gasteiger partial charge in [0.1, 0.15) is 17.7 Å². The van der Waals surface area contributed by atoms with Crippen LogP contribution in [0.3, 0.4) is 0 Å². The van der Waals surface area contributed by atoms with Crippen molar-refractivity contribution in [3.8, 4) is 5.69 Å². The van der Waals surface area contributed by atoms with E-state index in [4.69, 9.17) is 4.74 Å². The number of carbonyl (C=O) groups is 1. The number of aromatic nitrogens is 2. The van der Waals surface area contributed by atoms with Crippen LogP contribution in [0.1, 0.15) is 10.4 Å². The molecule has 4 aromatic rings. The number of ether oxygens (including phenoxy) is 1. The number of fused-ring (bicyclic) bond motifs is 2. The van der Waals surface area contributed by atoms with Crippen LogP contribution in [0.15, 0.2) is 54.9 Å². The van der Waals surface area contributed by atoms with E-state index in [9.17, 15) is 14.3 Å². The molecule has 1 saturated heterocycles. The lowest BCUT2D eigenvalue weighted by molar-refractivity contribution is 0.0699. The molecule has 0 spiro atoms. The third-order valence-corrected chi connectivity index (χ3v) is 5.35. The van der Waals surface area contributed by atoms with Crippen LogP contribution in [-0.4, -0.2) is 46.9 Å². The number of hydrogen-bond donors (Lipinski definition) is 1. The van der Waals surface area contributed by atoms with Gasteiger partial charge in [0.15, 0.2) is 0 Å². The molecule has 7 heteroatoms. The van der Waals surface area contributed by atoms with Gasteiger partial charge in [-0.25, -0.2) is 14.2 Å². The minimum absolute atomic E-state index is 0.147. The topological polar surface area (TPSA) is 67.6 Å². The average Bonchev–Trinajstić information content (AvgIpc) is 3.17. The van der Waals surface area contributed by atoms with Gasteiger partial charge in [-0.15, -0.1) is 0 Å². The first-order chi connectivity index (χ1) is 14.1. The minimum atomic E-state index is -1.03. The molecular weight excluding hydrogens is 373 g/mol. The van der Waals surface area contributed by atoms with Crippen molar-refractivity contribution in [3.63, 3.8) is 0 Å². The lowest BCUT2D eigenvalue weighted by atomic mass is 10.1. The van der Waals surface area contributed by atoms with Gasteiger partial charge in [0.2, 0.25) is 0 Å². The summed E-state index contributed by atoms with van der Waals surface area (Å²) in [7, 11) is 0. The van der Waals surface area contributed by atoms with Crippen molar-refractivity contribution in [1.29, 1.82) is 0 Å². The Balaban J connectivity index is 1.77. The zero-order valence-corrected chi connectivity index (χ0v) is 15.5. The van der Waals surface area contributed by atoms with Crippen LogP contribution in [0.25, 0.3) is 27.5 Å². The highest BCUT2D eigenvalue weighted by Crippen LogP contribution is 2.31. The SMILES string of the molecule is O=C(O)c1cc(N2CCOCC2)cc2c1ncn2-c1cccc2c(F)cccc12. The molecule has 6 nitrogen and oxygen atoms in total. The van der Waals surface area contributed by atoms with Gasteiger partial charge in [-0.2, -0.15) is 0 Å². The quantitative estimate of drug-likeness (QED) is 0.575. The largest absolute Gasteiger partial charge is 0.478 e. The summed E-state index contributed by atoms with van der Waals surface area (Å²) in [5.74, 6) is -1.33. The lowest BCUT2D eigenvalue weighted by Crippen LogP contribution is -2.36. The molecule has 2 heterocycles. The fourth-order valence-electron chi connectivity index (χ4n) is 3.93. The molecule has 1 fully saturated rings. The Labute approximate surface area is 165 Å². The second-order valence-corrected chi connectivity index (χ2v) is 6.99. The summed E-state index contributed by atoms with van der Waals surface area (Å²) < 4.78 is 21.5. The van der Waals surface area contributed by atoms with Crippen molar-refractivity contribution in [2.45, 2.75) is 0 Å². The molecule has 1 aliphatic heterocycles. The second-order valence-electron chi connectivity index (χ2n) is 6.99. The van der Waals surface area contributed by atoms with Gasteiger partial charge in [0, 0.05) is 29.5 Å². The number of carboxylic acid groups (broad SMARTS) is 1. The third-order valence-electron chi connectivity index (χ3n) is 5.35. The van der Waals surface area contributed by atoms with Crippen LogP contribution in [0.4, 0.5) is 10.1 Å². The van der Waals surface area contributed by atoms with Crippen LogP contribution in [0.2, 0.25) is 0 Å². The van der Waals surface area contributed by atoms with E-state index in [1.165, 1.54) is 6.07 Å². The van der Waals surface area contributed by atoms with Crippen molar-refractivity contribution in [3.05, 3.63) is 66.2 Å². The number of morpholine rings is 1. The van der Waals surface area contributed by atoms with E-state index >= 15 is 0 Å². The molecule has 3 aromatic carbocycles. The highest BCUT2D eigenvalue weighted by atomic mass is 19.1. The maximum absolute atomic E-state index is 14.3. The molecule has 0 unspecified atom stereocenters. The van der Waals surface area contributed by atoms with E-state index in [2.05, 4.69) is 9.88 Å². The van der Waals surface area contributed by atoms with Gasteiger partial charge in [-0.1, -0.05) is 24.3 Å². The Morgan fingerprint density at radius 3 is 2.62 bits per heavy atom. The van der Waals surface area contributed by atoms with Gasteiger partial charge in [-0.05, 0) is 24.3 Å². The lowest BCUT2D eigenvalue weighted by Gasteiger charge is -2.29. The monoisotopic (exact) mass is 391 g/mol. The fourth-order valence-corrected chi connectivity index (χ4v) is 3.93. The van der Waals surface area contributed by atoms with E-state index in [0.29, 0.717) is 42.7 Å². The van der Waals surface area contributed by atoms with Crippen LogP contribution in [0, 0.1) is 5.82 Å². The van der Waals surface area contributed by atoms with Crippen LogP contribution in [0.5, 0.6) is 0 Å². The van der Waals surface area contributed by atoms with Crippen molar-refractivity contribution in [2.75, 3.05) is 31.2 Å². The molecule has 0 aliphatic carbocycles. The van der Waals surface area contributed by atoms with Crippen molar-refractivity contribution >= 4 is 33.5 Å². The predicted molar refractivity (Wildman–Crippen MR) is 109 cm³/mol. The van der Waals surface area contributed by atoms with Crippen molar-refractivity contribution < 1.29 is 19.0 Å². The molecule has 0 atom stereocenters. The van der Waals surface area contributed by atoms with Crippen LogP contribution >= 0.6 is 0 Å². The molecule has 1 aromatic heterocycles. The highest BCUT2D eigenvalue weighted by Gasteiger charge is 2.20. The Morgan fingerprint density at radius 1 is 1.07 bits per heavy atom. The Morgan fingerprint density at radius 2 is 1.83 bits per heavy atom. The van der Waals surface area contributed by atoms with Crippen molar-refractivity contribution in [2.24, 2.45) is 0 Å². The summed E-state index contributed by atoms with van der Waals surface area (Å²) in [5.41, 5.74) is 2.78. The molecule has 0 amide bonds. The average molecular weight is 391 g/mol. The summed E-state index contributed by atoms with van der Waals surface area (Å²) in [4.78, 5) is 18.4. The fraction of sp³-hybridized carbons (Fsp3) is 0.182. The first-order valence-electron chi connectivity index (χ1n) is 9.38. The molecule has 146 valence electrons. The Bertz CT molecular complexity index is 1250. The molecule has 1 N–H and O–H groups in total. The summed E-state index contributed by atoms with van der Waals surface area (Å²) in [6.45, 7) is 2.58. The number of nitrogens with zero attached hydrogens (tertiary/aromatic N) is 3. The number of hydrogen-bond acceptors (Lipinski definition) is 4. The maximum Gasteiger partial charge on any atom is 0.338 e. The molecule has 5 rings (SSSR count). The zero-order valence-electron chi connectivity index (χ0n) is 15.5. The number of rotatable bonds is 3. The van der Waals surface area contributed by atoms with E-state index in [-0.39, 0.29) is 11.4 Å². The van der Waals surface area contributed by atoms with Crippen molar-refractivity contribution in [1.82, 2.24) is 9.55 Å². The number of aromatic carboxylic acids is 1. The Kier molecular flexibility index (Phi) is 4.17. The standard InChI is InChI=1S/C22H18FN3O3/c23-18-5-1-4-16-15(18)3-2-6-19(16)26-13-24-21-17(22(27)28)11-14(12-20(21)26)25-7-9-29-10-8-25/h1-6,11-13H,7-10H2,(H,27,28). The summed E-state index contributed by atoms with van der Waals surface area (Å²) >= 11 is 0. The van der Waals surface area contributed by atoms with E-state index in [1.54, 1.807) is 30.6 Å². The molecule has 29 heavy (non-hydrogen) atoms. The van der Waals surface area contributed by atoms with E-state index in [1.807, 2.05) is 22.8 Å². The predicted octanol–water partition coefficient (Wildman–Crippen LogP) is 3.85. The minimum Gasteiger partial charge on any atom is -0.478 e. The Hall–Kier alpha value is -3.45. The maximum atomic E-state index is 14.3. The smallest absolute Gasteiger partial charge is 0.338 e. The van der Waals surface area contributed by atoms with Gasteiger partial charge in [0.25, 0.3) is 0 Å². The third kappa shape index (κ3) is 2.91. The van der Waals surface area contributed by atoms with Gasteiger partial charge in [-0.3, -0.25) is 4.57 Å². The molecule has 1 aliphatic rings. The molecular formula is C22H18FN3O3. The summed E-state index contributed by atoms with van der Waals surface area (Å²) in [5, 5.41) is 11.0. The van der Waals surface area contributed by atoms with Crippen LogP contribution < -0.4 is 4.90 Å². The number of benzene rings is 3. The first-order valence-corrected chi connectivity index (χ1v) is 9.38. The van der Waals surface area contributed by atoms with Gasteiger partial charge >= 0.3 is 5.97 Å². The number of halogens is 1. The highest BCUT2D eigenvalue weighted by molar-refractivity contribution is 6.04. The number of imidazole rings is 1. The summed E-state index contributed by atoms with van der Waals surface area (Å²) in [6, 6.07) is 14.0. The molecule has 0 saturated carbocycles. The first kappa shape index (κ1) is 17.6. The van der Waals surface area contributed by atoms with E-state index in [0.717, 1.165) is 16.8 Å². The number of carboxylic acids is 1. The van der Waals surface area contributed by atoms with Gasteiger partial charge < -0.3 is 14.7 Å². The van der Waals surface area contributed by atoms with Gasteiger partial charge in [0.05, 0.1) is 30.0 Å². The van der Waals surface area contributed by atoms with Crippen LogP contribution in [-0.2, 0) is 4.74 Å². The summed E-state index contributed by atoms with van der Waals surface area (Å²) in [6.07, 6.45) is 1.60. The second kappa shape index (κ2) is 6.86. The van der Waals surface area contributed by atoms with E-state index < -0.39 is 5.97 Å².